The van der Waals surface area contributed by atoms with Crippen molar-refractivity contribution in [2.75, 3.05) is 5.32 Å². The molecule has 4 heteroatoms. The van der Waals surface area contributed by atoms with Gasteiger partial charge in [-0.15, -0.1) is 0 Å². The summed E-state index contributed by atoms with van der Waals surface area (Å²) >= 11 is 0. The molecule has 0 radical (unpaired) electrons. The standard InChI is InChI=1S/C14H14N4/c1-10-6-12-11(9-18-14(12)17-7-10)8-16-13-4-2-3-5-15-13/h2-7,9H,8H2,1H3,(H,15,16)(H,17,18). The van der Waals surface area contributed by atoms with Gasteiger partial charge in [0.2, 0.25) is 0 Å². The quantitative estimate of drug-likeness (QED) is 0.737. The van der Waals surface area contributed by atoms with Crippen molar-refractivity contribution in [3.05, 3.63) is 54.0 Å². The smallest absolute Gasteiger partial charge is 0.137 e. The maximum absolute atomic E-state index is 4.36. The SMILES string of the molecule is Cc1cnc2[nH]cc(CNc3ccccn3)c2c1. The fourth-order valence-corrected chi connectivity index (χ4v) is 1.96. The largest absolute Gasteiger partial charge is 0.366 e. The number of aromatic nitrogens is 3. The molecule has 90 valence electrons. The van der Waals surface area contributed by atoms with Crippen LogP contribution in [0.1, 0.15) is 11.1 Å². The molecule has 0 aliphatic heterocycles. The predicted octanol–water partition coefficient (Wildman–Crippen LogP) is 2.88. The van der Waals surface area contributed by atoms with Gasteiger partial charge in [-0.1, -0.05) is 6.07 Å². The van der Waals surface area contributed by atoms with E-state index in [1.807, 2.05) is 30.6 Å². The molecule has 3 rings (SSSR count). The molecule has 0 unspecified atom stereocenters. The van der Waals surface area contributed by atoms with Crippen LogP contribution in [0.2, 0.25) is 0 Å². The number of rotatable bonds is 3. The van der Waals surface area contributed by atoms with Gasteiger partial charge in [0.25, 0.3) is 0 Å². The number of H-pyrrole nitrogens is 1. The summed E-state index contributed by atoms with van der Waals surface area (Å²) in [6, 6.07) is 7.98. The van der Waals surface area contributed by atoms with E-state index < -0.39 is 0 Å². The van der Waals surface area contributed by atoms with Crippen molar-refractivity contribution >= 4 is 16.9 Å². The van der Waals surface area contributed by atoms with Crippen molar-refractivity contribution in [2.24, 2.45) is 0 Å². The van der Waals surface area contributed by atoms with Gasteiger partial charge >= 0.3 is 0 Å². The molecule has 3 aromatic heterocycles. The van der Waals surface area contributed by atoms with Crippen LogP contribution in [-0.4, -0.2) is 15.0 Å². The number of nitrogens with zero attached hydrogens (tertiary/aromatic N) is 2. The minimum Gasteiger partial charge on any atom is -0.366 e. The molecule has 0 fully saturated rings. The average molecular weight is 238 g/mol. The van der Waals surface area contributed by atoms with Gasteiger partial charge in [-0.2, -0.15) is 0 Å². The third-order valence-electron chi connectivity index (χ3n) is 2.88. The van der Waals surface area contributed by atoms with Gasteiger partial charge in [0.1, 0.15) is 11.5 Å². The molecule has 0 aromatic carbocycles. The lowest BCUT2D eigenvalue weighted by atomic mass is 10.2. The number of fused-ring (bicyclic) bond motifs is 1. The Kier molecular flexibility index (Phi) is 2.68. The summed E-state index contributed by atoms with van der Waals surface area (Å²) in [7, 11) is 0. The molecule has 18 heavy (non-hydrogen) atoms. The molecule has 0 amide bonds. The predicted molar refractivity (Wildman–Crippen MR) is 72.4 cm³/mol. The highest BCUT2D eigenvalue weighted by molar-refractivity contribution is 5.80. The molecular formula is C14H14N4. The van der Waals surface area contributed by atoms with E-state index in [9.17, 15) is 0 Å². The number of pyridine rings is 2. The van der Waals surface area contributed by atoms with Crippen molar-refractivity contribution in [3.63, 3.8) is 0 Å². The Morgan fingerprint density at radius 3 is 3.06 bits per heavy atom. The minimum atomic E-state index is 0.738. The van der Waals surface area contributed by atoms with Crippen LogP contribution < -0.4 is 5.32 Å². The van der Waals surface area contributed by atoms with E-state index in [-0.39, 0.29) is 0 Å². The van der Waals surface area contributed by atoms with E-state index in [1.54, 1.807) is 6.20 Å². The Hall–Kier alpha value is -2.36. The fraction of sp³-hybridized carbons (Fsp3) is 0.143. The fourth-order valence-electron chi connectivity index (χ4n) is 1.96. The second-order valence-electron chi connectivity index (χ2n) is 4.29. The van der Waals surface area contributed by atoms with E-state index in [4.69, 9.17) is 0 Å². The van der Waals surface area contributed by atoms with Crippen molar-refractivity contribution in [3.8, 4) is 0 Å². The second kappa shape index (κ2) is 4.49. The van der Waals surface area contributed by atoms with Crippen LogP contribution in [0.5, 0.6) is 0 Å². The number of aryl methyl sites for hydroxylation is 1. The van der Waals surface area contributed by atoms with Gasteiger partial charge in [0.15, 0.2) is 0 Å². The topological polar surface area (TPSA) is 53.6 Å². The van der Waals surface area contributed by atoms with Gasteiger partial charge in [-0.05, 0) is 36.2 Å². The van der Waals surface area contributed by atoms with Gasteiger partial charge in [-0.3, -0.25) is 0 Å². The van der Waals surface area contributed by atoms with Crippen molar-refractivity contribution in [1.82, 2.24) is 15.0 Å². The minimum absolute atomic E-state index is 0.738. The van der Waals surface area contributed by atoms with Crippen LogP contribution in [0.3, 0.4) is 0 Å². The molecule has 0 aliphatic rings. The van der Waals surface area contributed by atoms with Crippen LogP contribution in [0.15, 0.2) is 42.9 Å². The lowest BCUT2D eigenvalue weighted by Crippen LogP contribution is -2.00. The number of hydrogen-bond donors (Lipinski definition) is 2. The summed E-state index contributed by atoms with van der Waals surface area (Å²) in [6.45, 7) is 2.79. The van der Waals surface area contributed by atoms with Crippen LogP contribution in [0, 0.1) is 6.92 Å². The first-order valence-corrected chi connectivity index (χ1v) is 5.90. The second-order valence-corrected chi connectivity index (χ2v) is 4.29. The number of nitrogens with one attached hydrogen (secondary N) is 2. The van der Waals surface area contributed by atoms with Gasteiger partial charge in [0.05, 0.1) is 0 Å². The van der Waals surface area contributed by atoms with E-state index >= 15 is 0 Å². The molecule has 0 spiro atoms. The van der Waals surface area contributed by atoms with E-state index in [0.717, 1.165) is 18.0 Å². The van der Waals surface area contributed by atoms with Gasteiger partial charge in [-0.25, -0.2) is 9.97 Å². The lowest BCUT2D eigenvalue weighted by Gasteiger charge is -2.04. The maximum atomic E-state index is 4.36. The van der Waals surface area contributed by atoms with E-state index in [0.29, 0.717) is 0 Å². The van der Waals surface area contributed by atoms with Crippen LogP contribution in [0.4, 0.5) is 5.82 Å². The Bertz CT molecular complexity index is 658. The van der Waals surface area contributed by atoms with E-state index in [1.165, 1.54) is 16.5 Å². The molecule has 0 aliphatic carbocycles. The Morgan fingerprint density at radius 2 is 2.22 bits per heavy atom. The first-order valence-electron chi connectivity index (χ1n) is 5.90. The normalized spacial score (nSPS) is 10.7. The molecule has 0 saturated carbocycles. The summed E-state index contributed by atoms with van der Waals surface area (Å²) in [4.78, 5) is 11.8. The Morgan fingerprint density at radius 1 is 1.28 bits per heavy atom. The summed E-state index contributed by atoms with van der Waals surface area (Å²) in [5, 5.41) is 4.46. The summed E-state index contributed by atoms with van der Waals surface area (Å²) in [5.74, 6) is 0.882. The Balaban J connectivity index is 1.85. The maximum Gasteiger partial charge on any atom is 0.137 e. The van der Waals surface area contributed by atoms with Crippen LogP contribution in [-0.2, 0) is 6.54 Å². The van der Waals surface area contributed by atoms with Crippen LogP contribution in [0.25, 0.3) is 11.0 Å². The van der Waals surface area contributed by atoms with Gasteiger partial charge in [0, 0.05) is 30.5 Å². The molecule has 0 saturated heterocycles. The zero-order valence-corrected chi connectivity index (χ0v) is 10.1. The Labute approximate surface area is 105 Å². The molecule has 3 heterocycles. The van der Waals surface area contributed by atoms with Gasteiger partial charge < -0.3 is 10.3 Å². The third kappa shape index (κ3) is 2.05. The molecule has 0 bridgehead atoms. The van der Waals surface area contributed by atoms with E-state index in [2.05, 4.69) is 33.3 Å². The molecule has 4 nitrogen and oxygen atoms in total. The monoisotopic (exact) mass is 238 g/mol. The summed E-state index contributed by atoms with van der Waals surface area (Å²) < 4.78 is 0. The zero-order chi connectivity index (χ0) is 12.4. The lowest BCUT2D eigenvalue weighted by molar-refractivity contribution is 1.12. The van der Waals surface area contributed by atoms with Crippen LogP contribution >= 0.6 is 0 Å². The molecule has 0 atom stereocenters. The zero-order valence-electron chi connectivity index (χ0n) is 10.1. The number of anilines is 1. The summed E-state index contributed by atoms with van der Waals surface area (Å²) in [6.07, 6.45) is 5.64. The van der Waals surface area contributed by atoms with Crippen molar-refractivity contribution in [1.29, 1.82) is 0 Å². The molecule has 2 N–H and O–H groups in total. The third-order valence-corrected chi connectivity index (χ3v) is 2.88. The first kappa shape index (κ1) is 10.8. The summed E-state index contributed by atoms with van der Waals surface area (Å²) in [5.41, 5.74) is 3.30. The molecule has 3 aromatic rings. The number of aromatic amines is 1. The molecular weight excluding hydrogens is 224 g/mol. The van der Waals surface area contributed by atoms with Crippen molar-refractivity contribution in [2.45, 2.75) is 13.5 Å². The highest BCUT2D eigenvalue weighted by Crippen LogP contribution is 2.18. The number of hydrogen-bond acceptors (Lipinski definition) is 3. The highest BCUT2D eigenvalue weighted by atomic mass is 15.0. The van der Waals surface area contributed by atoms with Crippen molar-refractivity contribution < 1.29 is 0 Å². The average Bonchev–Trinajstić information content (AvgIpc) is 2.80. The first-order chi connectivity index (χ1) is 8.83. The highest BCUT2D eigenvalue weighted by Gasteiger charge is 2.04.